The molecule has 5 heteroatoms. The predicted octanol–water partition coefficient (Wildman–Crippen LogP) is 2.45. The monoisotopic (exact) mass is 261 g/mol. The Morgan fingerprint density at radius 3 is 2.61 bits per heavy atom. The first-order valence-electron chi connectivity index (χ1n) is 5.71. The number of benzene rings is 1. The lowest BCUT2D eigenvalue weighted by Crippen LogP contribution is -2.34. The van der Waals surface area contributed by atoms with E-state index in [1.54, 1.807) is 11.3 Å². The van der Waals surface area contributed by atoms with E-state index in [2.05, 4.69) is 15.6 Å². The third-order valence-electron chi connectivity index (χ3n) is 2.37. The van der Waals surface area contributed by atoms with Crippen LogP contribution in [0.4, 0.5) is 4.79 Å². The van der Waals surface area contributed by atoms with Crippen LogP contribution in [0, 0.1) is 6.92 Å². The van der Waals surface area contributed by atoms with Crippen LogP contribution in [-0.4, -0.2) is 11.0 Å². The highest BCUT2D eigenvalue weighted by Crippen LogP contribution is 2.10. The maximum absolute atomic E-state index is 11.6. The quantitative estimate of drug-likeness (QED) is 0.888. The lowest BCUT2D eigenvalue weighted by atomic mass is 10.2. The molecule has 0 saturated heterocycles. The van der Waals surface area contributed by atoms with E-state index in [-0.39, 0.29) is 6.03 Å². The molecule has 0 spiro atoms. The maximum Gasteiger partial charge on any atom is 0.315 e. The van der Waals surface area contributed by atoms with Crippen LogP contribution in [-0.2, 0) is 13.1 Å². The number of amides is 2. The topological polar surface area (TPSA) is 54.0 Å². The number of aryl methyl sites for hydroxylation is 1. The van der Waals surface area contributed by atoms with Gasteiger partial charge in [-0.2, -0.15) is 0 Å². The van der Waals surface area contributed by atoms with Gasteiger partial charge in [0.2, 0.25) is 0 Å². The van der Waals surface area contributed by atoms with E-state index in [0.29, 0.717) is 13.1 Å². The summed E-state index contributed by atoms with van der Waals surface area (Å²) in [6.45, 7) is 3.00. The molecule has 4 nitrogen and oxygen atoms in total. The zero-order chi connectivity index (χ0) is 12.8. The minimum Gasteiger partial charge on any atom is -0.334 e. The van der Waals surface area contributed by atoms with Gasteiger partial charge in [0, 0.05) is 17.6 Å². The Bertz CT molecular complexity index is 510. The number of urea groups is 1. The van der Waals surface area contributed by atoms with Crippen LogP contribution < -0.4 is 10.6 Å². The molecule has 1 aromatic heterocycles. The smallest absolute Gasteiger partial charge is 0.315 e. The Hall–Kier alpha value is -1.88. The number of nitrogens with one attached hydrogen (secondary N) is 2. The summed E-state index contributed by atoms with van der Waals surface area (Å²) in [5.41, 5.74) is 1.08. The first kappa shape index (κ1) is 12.6. The van der Waals surface area contributed by atoms with Crippen molar-refractivity contribution in [1.29, 1.82) is 0 Å². The molecule has 0 radical (unpaired) electrons. The van der Waals surface area contributed by atoms with E-state index in [1.807, 2.05) is 43.5 Å². The fourth-order valence-electron chi connectivity index (χ4n) is 1.48. The first-order valence-corrected chi connectivity index (χ1v) is 6.52. The Balaban J connectivity index is 1.73. The van der Waals surface area contributed by atoms with Crippen LogP contribution in [0.1, 0.15) is 15.4 Å². The SMILES string of the molecule is Cc1cnc(CNC(=O)NCc2ccccc2)s1. The summed E-state index contributed by atoms with van der Waals surface area (Å²) in [5.74, 6) is 0. The van der Waals surface area contributed by atoms with Crippen molar-refractivity contribution in [2.24, 2.45) is 0 Å². The summed E-state index contributed by atoms with van der Waals surface area (Å²) in [6.07, 6.45) is 1.81. The molecule has 0 bridgehead atoms. The number of carbonyl (C=O) groups excluding carboxylic acids is 1. The van der Waals surface area contributed by atoms with Crippen molar-refractivity contribution in [2.45, 2.75) is 20.0 Å². The summed E-state index contributed by atoms with van der Waals surface area (Å²) in [5, 5.41) is 6.50. The van der Waals surface area contributed by atoms with Crippen molar-refractivity contribution in [3.8, 4) is 0 Å². The Kier molecular flexibility index (Phi) is 4.30. The molecule has 2 aromatic rings. The van der Waals surface area contributed by atoms with Crippen LogP contribution in [0.2, 0.25) is 0 Å². The summed E-state index contributed by atoms with van der Waals surface area (Å²) in [7, 11) is 0. The molecule has 0 unspecified atom stereocenters. The zero-order valence-corrected chi connectivity index (χ0v) is 11.0. The molecule has 2 amide bonds. The van der Waals surface area contributed by atoms with E-state index in [9.17, 15) is 4.79 Å². The number of rotatable bonds is 4. The number of hydrogen-bond donors (Lipinski definition) is 2. The van der Waals surface area contributed by atoms with Crippen molar-refractivity contribution in [3.05, 3.63) is 52.0 Å². The summed E-state index contributed by atoms with van der Waals surface area (Å²) >= 11 is 1.59. The fourth-order valence-corrected chi connectivity index (χ4v) is 2.21. The Morgan fingerprint density at radius 2 is 1.94 bits per heavy atom. The molecule has 0 aliphatic heterocycles. The number of carbonyl (C=O) groups is 1. The molecule has 1 aromatic carbocycles. The van der Waals surface area contributed by atoms with Gasteiger partial charge in [-0.25, -0.2) is 9.78 Å². The molecule has 1 heterocycles. The standard InChI is InChI=1S/C13H15N3OS/c1-10-7-14-12(18-10)9-16-13(17)15-8-11-5-3-2-4-6-11/h2-7H,8-9H2,1H3,(H2,15,16,17). The number of nitrogens with zero attached hydrogens (tertiary/aromatic N) is 1. The van der Waals surface area contributed by atoms with Crippen molar-refractivity contribution in [3.63, 3.8) is 0 Å². The molecule has 0 fully saturated rings. The fraction of sp³-hybridized carbons (Fsp3) is 0.231. The zero-order valence-electron chi connectivity index (χ0n) is 10.1. The van der Waals surface area contributed by atoms with E-state index in [4.69, 9.17) is 0 Å². The second-order valence-electron chi connectivity index (χ2n) is 3.89. The maximum atomic E-state index is 11.6. The molecular weight excluding hydrogens is 246 g/mol. The lowest BCUT2D eigenvalue weighted by molar-refractivity contribution is 0.240. The molecule has 0 aliphatic rings. The van der Waals surface area contributed by atoms with Crippen LogP contribution in [0.5, 0.6) is 0 Å². The Labute approximate surface area is 110 Å². The van der Waals surface area contributed by atoms with Gasteiger partial charge >= 0.3 is 6.03 Å². The highest BCUT2D eigenvalue weighted by molar-refractivity contribution is 7.11. The van der Waals surface area contributed by atoms with Gasteiger partial charge in [-0.3, -0.25) is 0 Å². The van der Waals surface area contributed by atoms with Gasteiger partial charge in [0.25, 0.3) is 0 Å². The molecule has 94 valence electrons. The molecule has 0 aliphatic carbocycles. The van der Waals surface area contributed by atoms with E-state index in [1.165, 1.54) is 0 Å². The van der Waals surface area contributed by atoms with Crippen LogP contribution in [0.25, 0.3) is 0 Å². The molecule has 0 saturated carbocycles. The summed E-state index contributed by atoms with van der Waals surface area (Å²) in [4.78, 5) is 16.9. The van der Waals surface area contributed by atoms with Gasteiger partial charge in [-0.15, -0.1) is 11.3 Å². The average molecular weight is 261 g/mol. The van der Waals surface area contributed by atoms with Gasteiger partial charge in [0.15, 0.2) is 0 Å². The van der Waals surface area contributed by atoms with Gasteiger partial charge in [0.1, 0.15) is 5.01 Å². The van der Waals surface area contributed by atoms with Gasteiger partial charge in [-0.05, 0) is 12.5 Å². The highest BCUT2D eigenvalue weighted by atomic mass is 32.1. The molecular formula is C13H15N3OS. The Morgan fingerprint density at radius 1 is 1.22 bits per heavy atom. The largest absolute Gasteiger partial charge is 0.334 e. The van der Waals surface area contributed by atoms with Crippen molar-refractivity contribution < 1.29 is 4.79 Å². The second kappa shape index (κ2) is 6.16. The summed E-state index contributed by atoms with van der Waals surface area (Å²) < 4.78 is 0. The number of hydrogen-bond acceptors (Lipinski definition) is 3. The highest BCUT2D eigenvalue weighted by Gasteiger charge is 2.02. The second-order valence-corrected chi connectivity index (χ2v) is 5.21. The van der Waals surface area contributed by atoms with E-state index < -0.39 is 0 Å². The average Bonchev–Trinajstić information content (AvgIpc) is 2.81. The van der Waals surface area contributed by atoms with Crippen LogP contribution in [0.15, 0.2) is 36.5 Å². The molecule has 18 heavy (non-hydrogen) atoms. The van der Waals surface area contributed by atoms with Gasteiger partial charge in [0.05, 0.1) is 6.54 Å². The summed E-state index contributed by atoms with van der Waals surface area (Å²) in [6, 6.07) is 9.64. The minimum absolute atomic E-state index is 0.174. The minimum atomic E-state index is -0.174. The van der Waals surface area contributed by atoms with Crippen molar-refractivity contribution in [2.75, 3.05) is 0 Å². The number of aromatic nitrogens is 1. The molecule has 0 atom stereocenters. The lowest BCUT2D eigenvalue weighted by Gasteiger charge is -2.06. The van der Waals surface area contributed by atoms with Gasteiger partial charge in [-0.1, -0.05) is 30.3 Å². The third kappa shape index (κ3) is 3.85. The van der Waals surface area contributed by atoms with Crippen LogP contribution in [0.3, 0.4) is 0 Å². The van der Waals surface area contributed by atoms with Crippen molar-refractivity contribution >= 4 is 17.4 Å². The van der Waals surface area contributed by atoms with E-state index >= 15 is 0 Å². The third-order valence-corrected chi connectivity index (χ3v) is 3.28. The first-order chi connectivity index (χ1) is 8.74. The van der Waals surface area contributed by atoms with E-state index in [0.717, 1.165) is 15.4 Å². The normalized spacial score (nSPS) is 10.1. The van der Waals surface area contributed by atoms with Crippen LogP contribution >= 0.6 is 11.3 Å². The number of thiazole rings is 1. The van der Waals surface area contributed by atoms with Gasteiger partial charge < -0.3 is 10.6 Å². The predicted molar refractivity (Wildman–Crippen MR) is 72.4 cm³/mol. The van der Waals surface area contributed by atoms with Crippen molar-refractivity contribution in [1.82, 2.24) is 15.6 Å². The molecule has 2 N–H and O–H groups in total. The molecule has 2 rings (SSSR count).